The van der Waals surface area contributed by atoms with Crippen molar-refractivity contribution in [1.82, 2.24) is 25.1 Å². The van der Waals surface area contributed by atoms with E-state index in [-0.39, 0.29) is 29.9 Å². The maximum atomic E-state index is 11.8. The summed E-state index contributed by atoms with van der Waals surface area (Å²) in [7, 11) is 0. The van der Waals surface area contributed by atoms with Gasteiger partial charge >= 0.3 is 5.97 Å². The van der Waals surface area contributed by atoms with Crippen LogP contribution in [0.5, 0.6) is 0 Å². The smallest absolute Gasteiger partial charge is 0.355 e. The lowest BCUT2D eigenvalue weighted by molar-refractivity contribution is -0.118. The van der Waals surface area contributed by atoms with Gasteiger partial charge in [-0.3, -0.25) is 4.79 Å². The summed E-state index contributed by atoms with van der Waals surface area (Å²) in [6.45, 7) is 4.24. The third-order valence-electron chi connectivity index (χ3n) is 2.64. The Balaban J connectivity index is 1.80. The molecule has 0 unspecified atom stereocenters. The topological polar surface area (TPSA) is 110 Å². The first-order valence-electron chi connectivity index (χ1n) is 6.44. The molecule has 2 N–H and O–H groups in total. The molecule has 8 nitrogen and oxygen atoms in total. The molecule has 0 atom stereocenters. The molecule has 0 radical (unpaired) electrons. The third-order valence-corrected chi connectivity index (χ3v) is 4.44. The van der Waals surface area contributed by atoms with Crippen LogP contribution in [0.3, 0.4) is 0 Å². The lowest BCUT2D eigenvalue weighted by atomic mass is 10.4. The van der Waals surface area contributed by atoms with Gasteiger partial charge in [0.05, 0.1) is 12.3 Å². The van der Waals surface area contributed by atoms with Crippen LogP contribution in [0.4, 0.5) is 0 Å². The number of nitrogens with zero attached hydrogens (tertiary/aromatic N) is 4. The van der Waals surface area contributed by atoms with Crippen molar-refractivity contribution in [3.05, 3.63) is 22.4 Å². The van der Waals surface area contributed by atoms with Gasteiger partial charge in [0.1, 0.15) is 11.3 Å². The van der Waals surface area contributed by atoms with Crippen molar-refractivity contribution >= 4 is 35.0 Å². The van der Waals surface area contributed by atoms with E-state index in [9.17, 15) is 9.59 Å². The molecule has 0 saturated heterocycles. The molecule has 0 saturated carbocycles. The quantitative estimate of drug-likeness (QED) is 0.733. The summed E-state index contributed by atoms with van der Waals surface area (Å²) >= 11 is 2.50. The molecule has 2 heterocycles. The van der Waals surface area contributed by atoms with Crippen molar-refractivity contribution in [3.63, 3.8) is 0 Å². The van der Waals surface area contributed by atoms with E-state index in [1.54, 1.807) is 6.33 Å². The molecule has 2 rings (SSSR count). The van der Waals surface area contributed by atoms with Crippen molar-refractivity contribution in [2.45, 2.75) is 31.6 Å². The number of rotatable bonds is 7. The first-order valence-corrected chi connectivity index (χ1v) is 8.30. The van der Waals surface area contributed by atoms with Crippen LogP contribution in [0.2, 0.25) is 0 Å². The normalized spacial score (nSPS) is 10.9. The van der Waals surface area contributed by atoms with E-state index in [4.69, 9.17) is 5.11 Å². The molecule has 0 aromatic carbocycles. The highest BCUT2D eigenvalue weighted by Gasteiger charge is 2.12. The van der Waals surface area contributed by atoms with E-state index < -0.39 is 5.97 Å². The van der Waals surface area contributed by atoms with Crippen molar-refractivity contribution < 1.29 is 14.7 Å². The minimum atomic E-state index is -1.07. The van der Waals surface area contributed by atoms with Crippen molar-refractivity contribution in [3.8, 4) is 0 Å². The van der Waals surface area contributed by atoms with E-state index in [0.29, 0.717) is 10.2 Å². The lowest BCUT2D eigenvalue weighted by Gasteiger charge is -2.09. The van der Waals surface area contributed by atoms with Gasteiger partial charge in [-0.1, -0.05) is 11.8 Å². The van der Waals surface area contributed by atoms with Gasteiger partial charge in [-0.2, -0.15) is 0 Å². The first kappa shape index (κ1) is 16.4. The molecule has 0 bridgehead atoms. The number of carbonyl (C=O) groups excluding carboxylic acids is 1. The number of hydrogen-bond acceptors (Lipinski definition) is 7. The van der Waals surface area contributed by atoms with Crippen molar-refractivity contribution in [1.29, 1.82) is 0 Å². The van der Waals surface area contributed by atoms with Crippen molar-refractivity contribution in [2.24, 2.45) is 0 Å². The molecule has 2 aromatic heterocycles. The van der Waals surface area contributed by atoms with Gasteiger partial charge in [-0.15, -0.1) is 21.5 Å². The second-order valence-corrected chi connectivity index (χ2v) is 6.50. The van der Waals surface area contributed by atoms with Gasteiger partial charge in [0.15, 0.2) is 10.9 Å². The first-order chi connectivity index (χ1) is 10.5. The van der Waals surface area contributed by atoms with E-state index in [2.05, 4.69) is 20.5 Å². The SMILES string of the molecule is CC(C)n1cnnc1SCC(=O)NCc1nc(C(=O)O)cs1. The van der Waals surface area contributed by atoms with Gasteiger partial charge in [0.25, 0.3) is 0 Å². The van der Waals surface area contributed by atoms with Gasteiger partial charge in [-0.05, 0) is 13.8 Å². The lowest BCUT2D eigenvalue weighted by Crippen LogP contribution is -2.24. The zero-order chi connectivity index (χ0) is 16.1. The number of carboxylic acid groups (broad SMARTS) is 1. The molecular weight excluding hydrogens is 326 g/mol. The molecule has 2 aromatic rings. The van der Waals surface area contributed by atoms with Crippen LogP contribution in [0.25, 0.3) is 0 Å². The molecule has 1 amide bonds. The summed E-state index contributed by atoms with van der Waals surface area (Å²) in [4.78, 5) is 26.4. The van der Waals surface area contributed by atoms with E-state index in [1.165, 1.54) is 28.5 Å². The number of thiazole rings is 1. The standard InChI is InChI=1S/C12H15N5O3S2/c1-7(2)17-6-14-16-12(17)22-5-9(18)13-3-10-15-8(4-21-10)11(19)20/h4,6-7H,3,5H2,1-2H3,(H,13,18)(H,19,20). The molecule has 10 heteroatoms. The minimum absolute atomic E-state index is 0.00587. The van der Waals surface area contributed by atoms with Crippen LogP contribution in [0.1, 0.15) is 35.4 Å². The highest BCUT2D eigenvalue weighted by molar-refractivity contribution is 7.99. The Kier molecular flexibility index (Phi) is 5.50. The third kappa shape index (κ3) is 4.28. The Morgan fingerprint density at radius 2 is 2.27 bits per heavy atom. The Hall–Kier alpha value is -1.94. The molecule has 0 spiro atoms. The Labute approximate surface area is 135 Å². The van der Waals surface area contributed by atoms with E-state index >= 15 is 0 Å². The predicted octanol–water partition coefficient (Wildman–Crippen LogP) is 1.42. The zero-order valence-electron chi connectivity index (χ0n) is 12.0. The molecule has 0 aliphatic heterocycles. The number of aromatic carboxylic acids is 1. The van der Waals surface area contributed by atoms with E-state index in [1.807, 2.05) is 18.4 Å². The summed E-state index contributed by atoms with van der Waals surface area (Å²) in [5.41, 5.74) is -0.00587. The molecule has 0 aliphatic rings. The number of nitrogens with one attached hydrogen (secondary N) is 1. The average molecular weight is 341 g/mol. The average Bonchev–Trinajstić information content (AvgIpc) is 3.11. The summed E-state index contributed by atoms with van der Waals surface area (Å²) in [5.74, 6) is -1.03. The highest BCUT2D eigenvalue weighted by Crippen LogP contribution is 2.18. The Morgan fingerprint density at radius 1 is 1.50 bits per heavy atom. The van der Waals surface area contributed by atoms with Crippen LogP contribution in [0, 0.1) is 0 Å². The molecule has 118 valence electrons. The summed E-state index contributed by atoms with van der Waals surface area (Å²) in [6.07, 6.45) is 1.63. The van der Waals surface area contributed by atoms with Gasteiger partial charge in [0, 0.05) is 11.4 Å². The van der Waals surface area contributed by atoms with Crippen LogP contribution in [-0.2, 0) is 11.3 Å². The number of thioether (sulfide) groups is 1. The predicted molar refractivity (Wildman–Crippen MR) is 82.1 cm³/mol. The maximum absolute atomic E-state index is 11.8. The molecule has 0 fully saturated rings. The fourth-order valence-electron chi connectivity index (χ4n) is 1.54. The van der Waals surface area contributed by atoms with Crippen LogP contribution in [-0.4, -0.2) is 42.5 Å². The molecule has 22 heavy (non-hydrogen) atoms. The van der Waals surface area contributed by atoms with Gasteiger partial charge in [-0.25, -0.2) is 9.78 Å². The molecule has 0 aliphatic carbocycles. The number of hydrogen-bond donors (Lipinski definition) is 2. The fraction of sp³-hybridized carbons (Fsp3) is 0.417. The number of amides is 1. The fourth-order valence-corrected chi connectivity index (χ4v) is 3.12. The monoisotopic (exact) mass is 341 g/mol. The summed E-state index contributed by atoms with van der Waals surface area (Å²) < 4.78 is 1.89. The second-order valence-electron chi connectivity index (χ2n) is 4.61. The Morgan fingerprint density at radius 3 is 2.91 bits per heavy atom. The molecular formula is C12H15N5O3S2. The van der Waals surface area contributed by atoms with Gasteiger partial charge < -0.3 is 15.0 Å². The van der Waals surface area contributed by atoms with Crippen LogP contribution >= 0.6 is 23.1 Å². The summed E-state index contributed by atoms with van der Waals surface area (Å²) in [6, 6.07) is 0.227. The number of carboxylic acids is 1. The van der Waals surface area contributed by atoms with E-state index in [0.717, 1.165) is 0 Å². The van der Waals surface area contributed by atoms with Gasteiger partial charge in [0.2, 0.25) is 5.91 Å². The second kappa shape index (κ2) is 7.36. The Bertz CT molecular complexity index is 667. The largest absolute Gasteiger partial charge is 0.476 e. The van der Waals surface area contributed by atoms with Crippen LogP contribution in [0.15, 0.2) is 16.9 Å². The van der Waals surface area contributed by atoms with Crippen molar-refractivity contribution in [2.75, 3.05) is 5.75 Å². The highest BCUT2D eigenvalue weighted by atomic mass is 32.2. The maximum Gasteiger partial charge on any atom is 0.355 e. The van der Waals surface area contributed by atoms with Crippen LogP contribution < -0.4 is 5.32 Å². The zero-order valence-corrected chi connectivity index (χ0v) is 13.6. The minimum Gasteiger partial charge on any atom is -0.476 e. The number of carbonyl (C=O) groups is 2. The summed E-state index contributed by atoms with van der Waals surface area (Å²) in [5, 5.41) is 22.0. The number of aromatic nitrogens is 4.